The van der Waals surface area contributed by atoms with Crippen LogP contribution in [0.3, 0.4) is 0 Å². The Bertz CT molecular complexity index is 916. The van der Waals surface area contributed by atoms with Gasteiger partial charge < -0.3 is 15.4 Å². The lowest BCUT2D eigenvalue weighted by Gasteiger charge is -2.11. The molecule has 3 rings (SSSR count). The van der Waals surface area contributed by atoms with E-state index >= 15 is 0 Å². The first-order valence-electron chi connectivity index (χ1n) is 8.50. The first-order chi connectivity index (χ1) is 13.2. The van der Waals surface area contributed by atoms with Crippen LogP contribution in [0, 0.1) is 5.82 Å². The highest BCUT2D eigenvalue weighted by atomic mass is 19.1. The summed E-state index contributed by atoms with van der Waals surface area (Å²) in [5.74, 6) is 0.270. The number of halogens is 1. The van der Waals surface area contributed by atoms with Crippen molar-refractivity contribution >= 4 is 23.4 Å². The molecule has 0 saturated carbocycles. The van der Waals surface area contributed by atoms with E-state index in [4.69, 9.17) is 4.74 Å². The van der Waals surface area contributed by atoms with E-state index in [2.05, 4.69) is 20.6 Å². The van der Waals surface area contributed by atoms with Gasteiger partial charge in [-0.1, -0.05) is 24.3 Å². The smallest absolute Gasteiger partial charge is 0.340 e. The molecular weight excluding hydrogens is 347 g/mol. The topological polar surface area (TPSA) is 76.1 Å². The fraction of sp³-hybridized carbons (Fsp3) is 0.150. The van der Waals surface area contributed by atoms with E-state index in [0.29, 0.717) is 36.2 Å². The molecule has 27 heavy (non-hydrogen) atoms. The summed E-state index contributed by atoms with van der Waals surface area (Å²) < 4.78 is 18.0. The minimum atomic E-state index is -0.399. The Morgan fingerprint density at radius 2 is 1.89 bits per heavy atom. The highest BCUT2D eigenvalue weighted by Gasteiger charge is 2.12. The van der Waals surface area contributed by atoms with Crippen LogP contribution >= 0.6 is 0 Å². The first-order valence-corrected chi connectivity index (χ1v) is 8.50. The van der Waals surface area contributed by atoms with Crippen LogP contribution < -0.4 is 10.6 Å². The molecule has 1 heterocycles. The third-order valence-electron chi connectivity index (χ3n) is 3.70. The molecule has 2 aromatic carbocycles. The molecule has 6 nitrogen and oxygen atoms in total. The molecule has 0 spiro atoms. The highest BCUT2D eigenvalue weighted by molar-refractivity contribution is 5.96. The predicted molar refractivity (Wildman–Crippen MR) is 101 cm³/mol. The number of aromatic nitrogens is 2. The minimum absolute atomic E-state index is 0.276. The molecule has 1 aromatic heterocycles. The number of hydrogen-bond donors (Lipinski definition) is 2. The van der Waals surface area contributed by atoms with Crippen LogP contribution in [0.1, 0.15) is 22.8 Å². The summed E-state index contributed by atoms with van der Waals surface area (Å²) in [4.78, 5) is 20.6. The number of anilines is 3. The van der Waals surface area contributed by atoms with Crippen molar-refractivity contribution in [2.45, 2.75) is 13.5 Å². The van der Waals surface area contributed by atoms with E-state index in [9.17, 15) is 9.18 Å². The van der Waals surface area contributed by atoms with E-state index in [0.717, 1.165) is 5.56 Å². The maximum absolute atomic E-state index is 13.0. The zero-order valence-electron chi connectivity index (χ0n) is 14.8. The summed E-state index contributed by atoms with van der Waals surface area (Å²) >= 11 is 0. The molecule has 0 amide bonds. The van der Waals surface area contributed by atoms with Gasteiger partial charge in [-0.3, -0.25) is 0 Å². The van der Waals surface area contributed by atoms with Crippen molar-refractivity contribution in [1.29, 1.82) is 0 Å². The van der Waals surface area contributed by atoms with Crippen LogP contribution in [0.5, 0.6) is 0 Å². The number of nitrogens with one attached hydrogen (secondary N) is 2. The molecule has 7 heteroatoms. The van der Waals surface area contributed by atoms with Crippen molar-refractivity contribution in [1.82, 2.24) is 9.97 Å². The van der Waals surface area contributed by atoms with Gasteiger partial charge in [0.25, 0.3) is 0 Å². The van der Waals surface area contributed by atoms with E-state index in [-0.39, 0.29) is 5.82 Å². The number of nitrogens with zero attached hydrogens (tertiary/aromatic N) is 2. The number of benzene rings is 2. The van der Waals surface area contributed by atoms with Crippen molar-refractivity contribution in [2.75, 3.05) is 17.2 Å². The summed E-state index contributed by atoms with van der Waals surface area (Å²) in [6.07, 6.45) is 1.61. The van der Waals surface area contributed by atoms with Gasteiger partial charge >= 0.3 is 5.97 Å². The lowest BCUT2D eigenvalue weighted by Crippen LogP contribution is -2.09. The van der Waals surface area contributed by atoms with Crippen LogP contribution in [-0.4, -0.2) is 22.5 Å². The van der Waals surface area contributed by atoms with Crippen LogP contribution in [-0.2, 0) is 11.3 Å². The Kier molecular flexibility index (Phi) is 5.94. The Labute approximate surface area is 156 Å². The number of para-hydroxylation sites is 1. The maximum Gasteiger partial charge on any atom is 0.340 e. The fourth-order valence-corrected chi connectivity index (χ4v) is 2.41. The van der Waals surface area contributed by atoms with Gasteiger partial charge in [0, 0.05) is 12.7 Å². The third-order valence-corrected chi connectivity index (χ3v) is 3.70. The molecule has 0 bridgehead atoms. The van der Waals surface area contributed by atoms with E-state index in [1.54, 1.807) is 49.5 Å². The van der Waals surface area contributed by atoms with Crippen molar-refractivity contribution in [3.05, 3.63) is 77.7 Å². The monoisotopic (exact) mass is 366 g/mol. The van der Waals surface area contributed by atoms with E-state index in [1.165, 1.54) is 12.1 Å². The summed E-state index contributed by atoms with van der Waals surface area (Å²) in [5.41, 5.74) is 1.93. The van der Waals surface area contributed by atoms with E-state index in [1.807, 2.05) is 6.07 Å². The van der Waals surface area contributed by atoms with Gasteiger partial charge in [-0.05, 0) is 42.8 Å². The molecule has 0 aliphatic heterocycles. The van der Waals surface area contributed by atoms with Gasteiger partial charge in [-0.2, -0.15) is 4.98 Å². The number of carbonyl (C=O) groups is 1. The molecule has 0 saturated heterocycles. The summed E-state index contributed by atoms with van der Waals surface area (Å²) in [7, 11) is 0. The number of ether oxygens (including phenoxy) is 1. The number of rotatable bonds is 7. The Morgan fingerprint density at radius 3 is 2.67 bits per heavy atom. The highest BCUT2D eigenvalue weighted by Crippen LogP contribution is 2.21. The van der Waals surface area contributed by atoms with Gasteiger partial charge in [-0.25, -0.2) is 14.2 Å². The van der Waals surface area contributed by atoms with Crippen LogP contribution in [0.4, 0.5) is 21.8 Å². The second-order valence-electron chi connectivity index (χ2n) is 5.64. The van der Waals surface area contributed by atoms with Crippen LogP contribution in [0.2, 0.25) is 0 Å². The SMILES string of the molecule is CCOC(=O)c1ccccc1Nc1ccnc(NCc2ccc(F)cc2)n1. The molecular formula is C20H19FN4O2. The average Bonchev–Trinajstić information content (AvgIpc) is 2.68. The number of carbonyl (C=O) groups excluding carboxylic acids is 1. The second-order valence-corrected chi connectivity index (χ2v) is 5.64. The molecule has 0 fully saturated rings. The number of esters is 1. The maximum atomic E-state index is 13.0. The zero-order valence-corrected chi connectivity index (χ0v) is 14.8. The van der Waals surface area contributed by atoms with Crippen LogP contribution in [0.25, 0.3) is 0 Å². The molecule has 138 valence electrons. The predicted octanol–water partition coefficient (Wildman–Crippen LogP) is 4.15. The van der Waals surface area contributed by atoms with Gasteiger partial charge in [0.2, 0.25) is 5.95 Å². The molecule has 0 atom stereocenters. The number of hydrogen-bond acceptors (Lipinski definition) is 6. The van der Waals surface area contributed by atoms with Gasteiger partial charge in [0.15, 0.2) is 0 Å². The largest absolute Gasteiger partial charge is 0.462 e. The Hall–Kier alpha value is -3.48. The Balaban J connectivity index is 1.71. The zero-order chi connectivity index (χ0) is 19.1. The van der Waals surface area contributed by atoms with Crippen molar-refractivity contribution in [3.63, 3.8) is 0 Å². The normalized spacial score (nSPS) is 10.3. The lowest BCUT2D eigenvalue weighted by molar-refractivity contribution is 0.0527. The standard InChI is InChI=1S/C20H19FN4O2/c1-2-27-19(26)16-5-3-4-6-17(16)24-18-11-12-22-20(25-18)23-13-14-7-9-15(21)10-8-14/h3-12H,2,13H2,1H3,(H2,22,23,24,25). The quantitative estimate of drug-likeness (QED) is 0.612. The Morgan fingerprint density at radius 1 is 1.11 bits per heavy atom. The van der Waals surface area contributed by atoms with Crippen molar-refractivity contribution in [3.8, 4) is 0 Å². The van der Waals surface area contributed by atoms with Crippen molar-refractivity contribution in [2.24, 2.45) is 0 Å². The molecule has 0 aliphatic rings. The molecule has 2 N–H and O–H groups in total. The average molecular weight is 366 g/mol. The van der Waals surface area contributed by atoms with Gasteiger partial charge in [0.05, 0.1) is 17.9 Å². The summed E-state index contributed by atoms with van der Waals surface area (Å²) in [6.45, 7) is 2.53. The van der Waals surface area contributed by atoms with Gasteiger partial charge in [-0.15, -0.1) is 0 Å². The second kappa shape index (κ2) is 8.75. The van der Waals surface area contributed by atoms with E-state index < -0.39 is 5.97 Å². The minimum Gasteiger partial charge on any atom is -0.462 e. The summed E-state index contributed by atoms with van der Waals surface area (Å²) in [6, 6.07) is 15.0. The lowest BCUT2D eigenvalue weighted by atomic mass is 10.2. The van der Waals surface area contributed by atoms with Gasteiger partial charge in [0.1, 0.15) is 11.6 Å². The molecule has 3 aromatic rings. The molecule has 0 radical (unpaired) electrons. The summed E-state index contributed by atoms with van der Waals surface area (Å²) in [5, 5.41) is 6.20. The molecule has 0 unspecified atom stereocenters. The first kappa shape index (κ1) is 18.3. The third kappa shape index (κ3) is 5.01. The van der Waals surface area contributed by atoms with Crippen LogP contribution in [0.15, 0.2) is 60.8 Å². The molecule has 0 aliphatic carbocycles. The van der Waals surface area contributed by atoms with Crippen molar-refractivity contribution < 1.29 is 13.9 Å². The fourth-order valence-electron chi connectivity index (χ4n) is 2.41.